The molecule has 0 saturated heterocycles. The maximum atomic E-state index is 4.36. The van der Waals surface area contributed by atoms with E-state index in [9.17, 15) is 0 Å². The van der Waals surface area contributed by atoms with Crippen LogP contribution in [0, 0.1) is 6.92 Å². The van der Waals surface area contributed by atoms with Crippen molar-refractivity contribution < 1.29 is 0 Å². The summed E-state index contributed by atoms with van der Waals surface area (Å²) in [5.41, 5.74) is 2.68. The molecule has 0 fully saturated rings. The second kappa shape index (κ2) is 4.18. The van der Waals surface area contributed by atoms with Gasteiger partial charge in [-0.05, 0) is 28.4 Å². The Morgan fingerprint density at radius 3 is 2.88 bits per heavy atom. The van der Waals surface area contributed by atoms with Crippen molar-refractivity contribution in [2.45, 2.75) is 19.4 Å². The Kier molecular flexibility index (Phi) is 2.67. The van der Waals surface area contributed by atoms with Crippen LogP contribution in [0.15, 0.2) is 34.9 Å². The van der Waals surface area contributed by atoms with E-state index in [-0.39, 0.29) is 0 Å². The Morgan fingerprint density at radius 2 is 2.12 bits per heavy atom. The third-order valence-corrected chi connectivity index (χ3v) is 3.83. The zero-order valence-corrected chi connectivity index (χ0v) is 11.2. The highest BCUT2D eigenvalue weighted by molar-refractivity contribution is 9.10. The van der Waals surface area contributed by atoms with E-state index >= 15 is 0 Å². The van der Waals surface area contributed by atoms with Crippen LogP contribution in [0.1, 0.15) is 17.0 Å². The molecule has 0 saturated carbocycles. The largest absolute Gasteiger partial charge is 0.369 e. The van der Waals surface area contributed by atoms with E-state index in [1.54, 1.807) is 0 Å². The van der Waals surface area contributed by atoms with Gasteiger partial charge in [-0.3, -0.25) is 0 Å². The minimum atomic E-state index is 0.495. The van der Waals surface area contributed by atoms with E-state index in [1.807, 2.05) is 10.9 Å². The van der Waals surface area contributed by atoms with Gasteiger partial charge in [0.15, 0.2) is 0 Å². The van der Waals surface area contributed by atoms with Crippen molar-refractivity contribution >= 4 is 21.7 Å². The molecule has 0 radical (unpaired) electrons. The number of benzene rings is 1. The number of fused-ring (bicyclic) bond motifs is 1. The summed E-state index contributed by atoms with van der Waals surface area (Å²) in [6, 6.07) is 8.77. The molecule has 0 aliphatic carbocycles. The van der Waals surface area contributed by atoms with Gasteiger partial charge in [0.1, 0.15) is 5.82 Å². The van der Waals surface area contributed by atoms with Gasteiger partial charge in [-0.2, -0.15) is 5.10 Å². The van der Waals surface area contributed by atoms with E-state index in [0.29, 0.717) is 5.92 Å². The Morgan fingerprint density at radius 1 is 1.35 bits per heavy atom. The lowest BCUT2D eigenvalue weighted by molar-refractivity contribution is 0.505. The first-order valence-electron chi connectivity index (χ1n) is 5.76. The molecule has 88 valence electrons. The second-order valence-corrected chi connectivity index (χ2v) is 5.37. The molecule has 0 bridgehead atoms. The fourth-order valence-corrected chi connectivity index (χ4v) is 2.67. The lowest BCUT2D eigenvalue weighted by Crippen LogP contribution is -2.26. The molecule has 1 unspecified atom stereocenters. The Hall–Kier alpha value is -1.29. The van der Waals surface area contributed by atoms with Crippen LogP contribution in [-0.2, 0) is 6.54 Å². The summed E-state index contributed by atoms with van der Waals surface area (Å²) >= 11 is 3.49. The van der Waals surface area contributed by atoms with Gasteiger partial charge in [-0.1, -0.05) is 29.8 Å². The fourth-order valence-electron chi connectivity index (χ4n) is 2.23. The van der Waals surface area contributed by atoms with Gasteiger partial charge < -0.3 is 5.32 Å². The number of anilines is 1. The van der Waals surface area contributed by atoms with Gasteiger partial charge in [0.05, 0.1) is 17.2 Å². The lowest BCUT2D eigenvalue weighted by Gasteiger charge is -2.25. The molecule has 1 aliphatic rings. The molecule has 3 rings (SSSR count). The number of nitrogens with one attached hydrogen (secondary N) is 1. The summed E-state index contributed by atoms with van der Waals surface area (Å²) in [7, 11) is 0. The van der Waals surface area contributed by atoms with Gasteiger partial charge >= 0.3 is 0 Å². The number of aryl methyl sites for hydroxylation is 1. The van der Waals surface area contributed by atoms with Crippen LogP contribution in [0.3, 0.4) is 0 Å². The smallest absolute Gasteiger partial charge is 0.138 e. The molecule has 1 atom stereocenters. The molecule has 1 aromatic heterocycles. The van der Waals surface area contributed by atoms with E-state index in [2.05, 4.69) is 57.5 Å². The molecule has 2 aromatic rings. The van der Waals surface area contributed by atoms with Crippen molar-refractivity contribution in [3.05, 3.63) is 46.1 Å². The predicted octanol–water partition coefficient (Wildman–Crippen LogP) is 3.16. The first-order chi connectivity index (χ1) is 8.24. The zero-order valence-electron chi connectivity index (χ0n) is 9.65. The molecule has 1 N–H and O–H groups in total. The normalized spacial score (nSPS) is 18.6. The second-order valence-electron chi connectivity index (χ2n) is 4.51. The summed E-state index contributed by atoms with van der Waals surface area (Å²) in [6.07, 6.45) is 1.85. The number of aromatic nitrogens is 2. The van der Waals surface area contributed by atoms with E-state index in [4.69, 9.17) is 0 Å². The highest BCUT2D eigenvalue weighted by Crippen LogP contribution is 2.30. The minimum absolute atomic E-state index is 0.495. The summed E-state index contributed by atoms with van der Waals surface area (Å²) in [6.45, 7) is 4.02. The third kappa shape index (κ3) is 1.97. The Balaban J connectivity index is 1.86. The standard InChI is InChI=1S/C13H14BrN3/c1-9-2-4-10(5-3-9)11-6-15-13-12(14)7-16-17(13)8-11/h2-5,7,11,15H,6,8H2,1H3. The van der Waals surface area contributed by atoms with Crippen LogP contribution in [0.5, 0.6) is 0 Å². The van der Waals surface area contributed by atoms with Gasteiger partial charge in [-0.15, -0.1) is 0 Å². The number of nitrogens with zero attached hydrogens (tertiary/aromatic N) is 2. The fraction of sp³-hybridized carbons (Fsp3) is 0.308. The van der Waals surface area contributed by atoms with E-state index in [1.165, 1.54) is 11.1 Å². The molecule has 0 spiro atoms. The van der Waals surface area contributed by atoms with Crippen LogP contribution >= 0.6 is 15.9 Å². The van der Waals surface area contributed by atoms with E-state index < -0.39 is 0 Å². The number of hydrogen-bond donors (Lipinski definition) is 1. The van der Waals surface area contributed by atoms with Crippen LogP contribution < -0.4 is 5.32 Å². The van der Waals surface area contributed by atoms with Crippen molar-refractivity contribution in [1.29, 1.82) is 0 Å². The average molecular weight is 292 g/mol. The molecule has 17 heavy (non-hydrogen) atoms. The van der Waals surface area contributed by atoms with Crippen LogP contribution in [0.25, 0.3) is 0 Å². The first-order valence-corrected chi connectivity index (χ1v) is 6.55. The highest BCUT2D eigenvalue weighted by Gasteiger charge is 2.21. The molecule has 4 heteroatoms. The minimum Gasteiger partial charge on any atom is -0.369 e. The molecule has 1 aromatic carbocycles. The van der Waals surface area contributed by atoms with Crippen LogP contribution in [0.4, 0.5) is 5.82 Å². The van der Waals surface area contributed by atoms with E-state index in [0.717, 1.165) is 23.4 Å². The van der Waals surface area contributed by atoms with Crippen molar-refractivity contribution in [2.75, 3.05) is 11.9 Å². The summed E-state index contributed by atoms with van der Waals surface area (Å²) in [5.74, 6) is 1.59. The van der Waals surface area contributed by atoms with Crippen molar-refractivity contribution in [2.24, 2.45) is 0 Å². The average Bonchev–Trinajstić information content (AvgIpc) is 2.72. The summed E-state index contributed by atoms with van der Waals surface area (Å²) in [4.78, 5) is 0. The van der Waals surface area contributed by atoms with Crippen molar-refractivity contribution in [3.8, 4) is 0 Å². The Bertz CT molecular complexity index is 530. The molecule has 0 amide bonds. The van der Waals surface area contributed by atoms with Gasteiger partial charge in [0, 0.05) is 12.5 Å². The van der Waals surface area contributed by atoms with Crippen LogP contribution in [0.2, 0.25) is 0 Å². The quantitative estimate of drug-likeness (QED) is 0.875. The highest BCUT2D eigenvalue weighted by atomic mass is 79.9. The molecular formula is C13H14BrN3. The third-order valence-electron chi connectivity index (χ3n) is 3.25. The molecular weight excluding hydrogens is 278 g/mol. The number of halogens is 1. The zero-order chi connectivity index (χ0) is 11.8. The maximum absolute atomic E-state index is 4.36. The lowest BCUT2D eigenvalue weighted by atomic mass is 9.97. The summed E-state index contributed by atoms with van der Waals surface area (Å²) in [5, 5.41) is 7.78. The van der Waals surface area contributed by atoms with Crippen LogP contribution in [-0.4, -0.2) is 16.3 Å². The Labute approximate surface area is 109 Å². The topological polar surface area (TPSA) is 29.9 Å². The maximum Gasteiger partial charge on any atom is 0.138 e. The molecule has 3 nitrogen and oxygen atoms in total. The molecule has 2 heterocycles. The van der Waals surface area contributed by atoms with Crippen molar-refractivity contribution in [1.82, 2.24) is 9.78 Å². The van der Waals surface area contributed by atoms with Gasteiger partial charge in [-0.25, -0.2) is 4.68 Å². The van der Waals surface area contributed by atoms with Gasteiger partial charge in [0.25, 0.3) is 0 Å². The monoisotopic (exact) mass is 291 g/mol. The number of rotatable bonds is 1. The van der Waals surface area contributed by atoms with Gasteiger partial charge in [0.2, 0.25) is 0 Å². The first kappa shape index (κ1) is 10.8. The molecule has 1 aliphatic heterocycles. The summed E-state index contributed by atoms with van der Waals surface area (Å²) < 4.78 is 3.07. The van der Waals surface area contributed by atoms with Crippen molar-refractivity contribution in [3.63, 3.8) is 0 Å². The number of hydrogen-bond acceptors (Lipinski definition) is 2. The SMILES string of the molecule is Cc1ccc(C2CNc3c(Br)cnn3C2)cc1. The predicted molar refractivity (Wildman–Crippen MR) is 72.3 cm³/mol.